The number of unbranched alkanes of at least 4 members (excludes halogenated alkanes) is 1. The largest absolute Gasteiger partial charge is 0.457 e. The predicted molar refractivity (Wildman–Crippen MR) is 116 cm³/mol. The highest BCUT2D eigenvalue weighted by atomic mass is 16.5. The van der Waals surface area contributed by atoms with Crippen LogP contribution in [0.25, 0.3) is 0 Å². The molecule has 0 saturated carbocycles. The van der Waals surface area contributed by atoms with E-state index in [1.807, 2.05) is 60.7 Å². The minimum atomic E-state index is 0.748. The Kier molecular flexibility index (Phi) is 7.54. The zero-order chi connectivity index (χ0) is 19.6. The number of benzene rings is 3. The van der Waals surface area contributed by atoms with Gasteiger partial charge in [-0.3, -0.25) is 0 Å². The average Bonchev–Trinajstić information content (AvgIpc) is 2.72. The molecule has 1 unspecified atom stereocenters. The van der Waals surface area contributed by atoms with Crippen molar-refractivity contribution in [3.8, 4) is 23.0 Å². The zero-order valence-electron chi connectivity index (χ0n) is 16.9. The molecular weight excluding hydrogens is 344 g/mol. The molecule has 2 nitrogen and oxygen atoms in total. The van der Waals surface area contributed by atoms with Crippen LogP contribution in [0.3, 0.4) is 0 Å². The fourth-order valence-corrected chi connectivity index (χ4v) is 3.37. The fraction of sp³-hybridized carbons (Fsp3) is 0.308. The lowest BCUT2D eigenvalue weighted by Gasteiger charge is -2.15. The summed E-state index contributed by atoms with van der Waals surface area (Å²) in [5, 5.41) is 0. The van der Waals surface area contributed by atoms with Gasteiger partial charge in [-0.15, -0.1) is 0 Å². The molecule has 3 rings (SSSR count). The van der Waals surface area contributed by atoms with Gasteiger partial charge in [-0.05, 0) is 54.3 Å². The Hall–Kier alpha value is -2.74. The van der Waals surface area contributed by atoms with E-state index in [4.69, 9.17) is 9.47 Å². The SMILES string of the molecule is CCCCC(CC)Cc1cccc(Oc2cccc(Oc3ccccc3)c2)c1. The zero-order valence-corrected chi connectivity index (χ0v) is 16.9. The standard InChI is InChI=1S/C26H30O2/c1-3-5-11-21(4-2)18-22-12-9-15-24(19-22)28-26-17-10-16-25(20-26)27-23-13-7-6-8-14-23/h6-10,12-17,19-21H,3-5,11,18H2,1-2H3. The van der Waals surface area contributed by atoms with E-state index in [2.05, 4.69) is 32.0 Å². The quantitative estimate of drug-likeness (QED) is 0.357. The van der Waals surface area contributed by atoms with Gasteiger partial charge in [0.2, 0.25) is 0 Å². The maximum atomic E-state index is 6.11. The number of hydrogen-bond acceptors (Lipinski definition) is 2. The number of rotatable bonds is 10. The molecule has 0 bridgehead atoms. The highest BCUT2D eigenvalue weighted by molar-refractivity contribution is 5.40. The van der Waals surface area contributed by atoms with Gasteiger partial charge in [-0.2, -0.15) is 0 Å². The number of hydrogen-bond donors (Lipinski definition) is 0. The summed E-state index contributed by atoms with van der Waals surface area (Å²) in [6.07, 6.45) is 6.22. The molecular formula is C26H30O2. The molecule has 0 radical (unpaired) electrons. The highest BCUT2D eigenvalue weighted by Crippen LogP contribution is 2.29. The Morgan fingerprint density at radius 2 is 1.29 bits per heavy atom. The molecule has 1 atom stereocenters. The second-order valence-electron chi connectivity index (χ2n) is 7.26. The monoisotopic (exact) mass is 374 g/mol. The Balaban J connectivity index is 1.66. The van der Waals surface area contributed by atoms with E-state index in [-0.39, 0.29) is 0 Å². The summed E-state index contributed by atoms with van der Waals surface area (Å²) in [5.41, 5.74) is 1.34. The lowest BCUT2D eigenvalue weighted by atomic mass is 9.92. The van der Waals surface area contributed by atoms with E-state index in [1.54, 1.807) is 0 Å². The molecule has 28 heavy (non-hydrogen) atoms. The van der Waals surface area contributed by atoms with Gasteiger partial charge in [-0.1, -0.05) is 75.9 Å². The van der Waals surface area contributed by atoms with E-state index in [1.165, 1.54) is 31.2 Å². The van der Waals surface area contributed by atoms with Gasteiger partial charge in [0.15, 0.2) is 0 Å². The molecule has 0 heterocycles. The molecule has 0 amide bonds. The molecule has 3 aromatic carbocycles. The van der Waals surface area contributed by atoms with Crippen molar-refractivity contribution in [1.29, 1.82) is 0 Å². The van der Waals surface area contributed by atoms with Crippen LogP contribution < -0.4 is 9.47 Å². The van der Waals surface area contributed by atoms with Crippen molar-refractivity contribution in [1.82, 2.24) is 0 Å². The third-order valence-electron chi connectivity index (χ3n) is 4.99. The first kappa shape index (κ1) is 20.0. The Labute approximate surface area is 169 Å². The number of para-hydroxylation sites is 1. The minimum absolute atomic E-state index is 0.748. The van der Waals surface area contributed by atoms with E-state index in [0.29, 0.717) is 0 Å². The Bertz CT molecular complexity index is 842. The molecule has 3 aromatic rings. The van der Waals surface area contributed by atoms with Crippen LogP contribution in [0.1, 0.15) is 45.1 Å². The summed E-state index contributed by atoms with van der Waals surface area (Å²) < 4.78 is 12.0. The van der Waals surface area contributed by atoms with Crippen LogP contribution in [-0.2, 0) is 6.42 Å². The summed E-state index contributed by atoms with van der Waals surface area (Å²) in [4.78, 5) is 0. The summed E-state index contributed by atoms with van der Waals surface area (Å²) >= 11 is 0. The fourth-order valence-electron chi connectivity index (χ4n) is 3.37. The minimum Gasteiger partial charge on any atom is -0.457 e. The van der Waals surface area contributed by atoms with Gasteiger partial charge in [0.25, 0.3) is 0 Å². The van der Waals surface area contributed by atoms with Crippen LogP contribution >= 0.6 is 0 Å². The third kappa shape index (κ3) is 6.16. The predicted octanol–water partition coefficient (Wildman–Crippen LogP) is 8.03. The normalized spacial score (nSPS) is 11.8. The molecule has 0 aliphatic carbocycles. The first-order chi connectivity index (χ1) is 13.8. The van der Waals surface area contributed by atoms with E-state index >= 15 is 0 Å². The molecule has 0 N–H and O–H groups in total. The molecule has 0 aliphatic heterocycles. The summed E-state index contributed by atoms with van der Waals surface area (Å²) in [6.45, 7) is 4.55. The van der Waals surface area contributed by atoms with Crippen LogP contribution in [0.15, 0.2) is 78.9 Å². The van der Waals surface area contributed by atoms with Crippen LogP contribution in [0, 0.1) is 5.92 Å². The summed E-state index contributed by atoms with van der Waals surface area (Å²) in [5.74, 6) is 3.99. The van der Waals surface area contributed by atoms with Gasteiger partial charge in [-0.25, -0.2) is 0 Å². The van der Waals surface area contributed by atoms with E-state index < -0.39 is 0 Å². The average molecular weight is 375 g/mol. The van der Waals surface area contributed by atoms with Gasteiger partial charge in [0.1, 0.15) is 23.0 Å². The first-order valence-electron chi connectivity index (χ1n) is 10.4. The van der Waals surface area contributed by atoms with Crippen molar-refractivity contribution in [2.45, 2.75) is 46.0 Å². The maximum Gasteiger partial charge on any atom is 0.131 e. The molecule has 0 aromatic heterocycles. The highest BCUT2D eigenvalue weighted by Gasteiger charge is 2.08. The second-order valence-corrected chi connectivity index (χ2v) is 7.26. The second kappa shape index (κ2) is 10.6. The van der Waals surface area contributed by atoms with Crippen LogP contribution in [0.2, 0.25) is 0 Å². The lowest BCUT2D eigenvalue weighted by molar-refractivity contribution is 0.445. The van der Waals surface area contributed by atoms with Crippen molar-refractivity contribution in [2.75, 3.05) is 0 Å². The Morgan fingerprint density at radius 1 is 0.679 bits per heavy atom. The van der Waals surface area contributed by atoms with Crippen molar-refractivity contribution < 1.29 is 9.47 Å². The van der Waals surface area contributed by atoms with Crippen molar-refractivity contribution in [2.24, 2.45) is 5.92 Å². The molecule has 2 heteroatoms. The molecule has 0 aliphatic rings. The summed E-state index contributed by atoms with van der Waals surface area (Å²) in [7, 11) is 0. The van der Waals surface area contributed by atoms with Crippen LogP contribution in [0.4, 0.5) is 0 Å². The molecule has 0 fully saturated rings. The van der Waals surface area contributed by atoms with E-state index in [9.17, 15) is 0 Å². The van der Waals surface area contributed by atoms with Crippen molar-refractivity contribution >= 4 is 0 Å². The molecule has 0 spiro atoms. The van der Waals surface area contributed by atoms with Crippen molar-refractivity contribution in [3.63, 3.8) is 0 Å². The van der Waals surface area contributed by atoms with Gasteiger partial charge in [0.05, 0.1) is 0 Å². The van der Waals surface area contributed by atoms with E-state index in [0.717, 1.165) is 35.3 Å². The first-order valence-corrected chi connectivity index (χ1v) is 10.4. The topological polar surface area (TPSA) is 18.5 Å². The van der Waals surface area contributed by atoms with Gasteiger partial charge < -0.3 is 9.47 Å². The van der Waals surface area contributed by atoms with Crippen LogP contribution in [-0.4, -0.2) is 0 Å². The van der Waals surface area contributed by atoms with Crippen molar-refractivity contribution in [3.05, 3.63) is 84.4 Å². The molecule has 0 saturated heterocycles. The molecule has 146 valence electrons. The summed E-state index contributed by atoms with van der Waals surface area (Å²) in [6, 6.07) is 26.0. The number of ether oxygens (including phenoxy) is 2. The van der Waals surface area contributed by atoms with Crippen LogP contribution in [0.5, 0.6) is 23.0 Å². The Morgan fingerprint density at radius 3 is 1.96 bits per heavy atom. The van der Waals surface area contributed by atoms with Gasteiger partial charge in [0, 0.05) is 6.07 Å². The lowest BCUT2D eigenvalue weighted by Crippen LogP contribution is -2.03. The van der Waals surface area contributed by atoms with Gasteiger partial charge >= 0.3 is 0 Å². The maximum absolute atomic E-state index is 6.11. The smallest absolute Gasteiger partial charge is 0.131 e. The third-order valence-corrected chi connectivity index (χ3v) is 4.99.